The Morgan fingerprint density at radius 2 is 2.05 bits per heavy atom. The largest absolute Gasteiger partial charge is 0.477 e. The Bertz CT molecular complexity index is 934. The Morgan fingerprint density at radius 3 is 2.55 bits per heavy atom. The molecule has 0 unspecified atom stereocenters. The number of halogens is 1. The highest BCUT2D eigenvalue weighted by Crippen LogP contribution is 2.19. The van der Waals surface area contributed by atoms with E-state index in [9.17, 15) is 22.4 Å². The molecule has 9 heteroatoms. The molecule has 7 nitrogen and oxygen atoms in total. The van der Waals surface area contributed by atoms with Gasteiger partial charge in [0.15, 0.2) is 20.7 Å². The van der Waals surface area contributed by atoms with Crippen LogP contribution in [-0.4, -0.2) is 34.8 Å². The molecule has 2 aromatic heterocycles. The Hall–Kier alpha value is -2.29. The van der Waals surface area contributed by atoms with E-state index in [0.29, 0.717) is 0 Å². The lowest BCUT2D eigenvalue weighted by Gasteiger charge is -2.11. The second kappa shape index (κ2) is 5.48. The third kappa shape index (κ3) is 2.47. The molecule has 2 rings (SSSR count). The van der Waals surface area contributed by atoms with Gasteiger partial charge < -0.3 is 9.67 Å². The molecule has 0 spiro atoms. The molecule has 0 bridgehead atoms. The van der Waals surface area contributed by atoms with Crippen LogP contribution in [0.1, 0.15) is 24.2 Å². The summed E-state index contributed by atoms with van der Waals surface area (Å²) in [6, 6.07) is 0.728. The van der Waals surface area contributed by atoms with Gasteiger partial charge in [-0.2, -0.15) is 0 Å². The van der Waals surface area contributed by atoms with Gasteiger partial charge in [0.25, 0.3) is 0 Å². The molecule has 0 radical (unpaired) electrons. The van der Waals surface area contributed by atoms with Crippen LogP contribution in [0.4, 0.5) is 4.39 Å². The molecule has 0 fully saturated rings. The topological polar surface area (TPSA) is 106 Å². The molecule has 0 aromatic carbocycles. The number of fused-ring (bicyclic) bond motifs is 1. The van der Waals surface area contributed by atoms with E-state index in [1.165, 1.54) is 11.5 Å². The first-order valence-corrected chi connectivity index (χ1v) is 8.07. The van der Waals surface area contributed by atoms with Crippen LogP contribution in [0.2, 0.25) is 0 Å². The lowest BCUT2D eigenvalue weighted by Crippen LogP contribution is -2.21. The number of hydrogen-bond acceptors (Lipinski definition) is 5. The monoisotopic (exact) mass is 328 g/mol. The smallest absolute Gasteiger partial charge is 0.341 e. The van der Waals surface area contributed by atoms with Crippen LogP contribution < -0.4 is 5.43 Å². The van der Waals surface area contributed by atoms with Gasteiger partial charge in [-0.1, -0.05) is 6.92 Å². The van der Waals surface area contributed by atoms with Gasteiger partial charge in [0, 0.05) is 12.7 Å². The lowest BCUT2D eigenvalue weighted by molar-refractivity contribution is 0.0695. The summed E-state index contributed by atoms with van der Waals surface area (Å²) in [5.74, 6) is -2.96. The van der Waals surface area contributed by atoms with Gasteiger partial charge in [-0.05, 0) is 13.0 Å². The zero-order valence-electron chi connectivity index (χ0n) is 11.8. The summed E-state index contributed by atoms with van der Waals surface area (Å²) in [6.45, 7) is 3.25. The van der Waals surface area contributed by atoms with Crippen LogP contribution in [0.25, 0.3) is 11.0 Å². The van der Waals surface area contributed by atoms with Crippen molar-refractivity contribution in [2.24, 2.45) is 0 Å². The number of carbonyl (C=O) groups is 1. The second-order valence-electron chi connectivity index (χ2n) is 4.51. The molecular weight excluding hydrogens is 315 g/mol. The van der Waals surface area contributed by atoms with Crippen molar-refractivity contribution in [3.8, 4) is 0 Å². The van der Waals surface area contributed by atoms with Crippen molar-refractivity contribution >= 4 is 26.8 Å². The van der Waals surface area contributed by atoms with Crippen molar-refractivity contribution in [1.29, 1.82) is 0 Å². The van der Waals surface area contributed by atoms with Gasteiger partial charge >= 0.3 is 5.97 Å². The van der Waals surface area contributed by atoms with Gasteiger partial charge in [0.2, 0.25) is 5.43 Å². The fourth-order valence-electron chi connectivity index (χ4n) is 2.02. The minimum absolute atomic E-state index is 0.0640. The number of pyridine rings is 2. The maximum atomic E-state index is 14.0. The van der Waals surface area contributed by atoms with Crippen LogP contribution in [0.3, 0.4) is 0 Å². The first kappa shape index (κ1) is 16.1. The molecule has 0 saturated heterocycles. The molecular formula is C13H13FN2O5S. The second-order valence-corrected chi connectivity index (χ2v) is 6.71. The molecule has 0 aliphatic rings. The Labute approximate surface area is 124 Å². The van der Waals surface area contributed by atoms with E-state index in [1.807, 2.05) is 0 Å². The highest BCUT2D eigenvalue weighted by molar-refractivity contribution is 7.91. The average Bonchev–Trinajstić information content (AvgIpc) is 2.47. The number of aryl methyl sites for hydroxylation is 1. The minimum atomic E-state index is -3.90. The fraction of sp³-hybridized carbons (Fsp3) is 0.308. The summed E-state index contributed by atoms with van der Waals surface area (Å²) in [4.78, 5) is 26.9. The van der Waals surface area contributed by atoms with Crippen LogP contribution in [0.15, 0.2) is 22.1 Å². The van der Waals surface area contributed by atoms with Crippen LogP contribution in [0, 0.1) is 5.82 Å². The molecule has 118 valence electrons. The lowest BCUT2D eigenvalue weighted by atomic mass is 10.2. The van der Waals surface area contributed by atoms with E-state index >= 15 is 0 Å². The third-order valence-electron chi connectivity index (χ3n) is 3.22. The number of sulfone groups is 1. The number of aromatic carboxylic acids is 1. The first-order chi connectivity index (χ1) is 10.2. The normalized spacial score (nSPS) is 11.8. The van der Waals surface area contributed by atoms with Gasteiger partial charge in [-0.25, -0.2) is 22.6 Å². The molecule has 0 saturated carbocycles. The summed E-state index contributed by atoms with van der Waals surface area (Å²) in [7, 11) is -3.90. The van der Waals surface area contributed by atoms with Gasteiger partial charge in [0.1, 0.15) is 11.2 Å². The van der Waals surface area contributed by atoms with Gasteiger partial charge in [-0.15, -0.1) is 0 Å². The molecule has 22 heavy (non-hydrogen) atoms. The van der Waals surface area contributed by atoms with Crippen LogP contribution >= 0.6 is 0 Å². The van der Waals surface area contributed by atoms with Gasteiger partial charge in [0.05, 0.1) is 11.1 Å². The molecule has 0 amide bonds. The Balaban J connectivity index is 2.99. The van der Waals surface area contributed by atoms with E-state index in [4.69, 9.17) is 5.11 Å². The van der Waals surface area contributed by atoms with E-state index in [0.717, 1.165) is 12.3 Å². The zero-order chi connectivity index (χ0) is 16.7. The number of carboxylic acids is 1. The van der Waals surface area contributed by atoms with Crippen molar-refractivity contribution in [1.82, 2.24) is 9.55 Å². The minimum Gasteiger partial charge on any atom is -0.477 e. The van der Waals surface area contributed by atoms with Crippen LogP contribution in [0.5, 0.6) is 0 Å². The van der Waals surface area contributed by atoms with Gasteiger partial charge in [-0.3, -0.25) is 4.79 Å². The van der Waals surface area contributed by atoms with Crippen LogP contribution in [-0.2, 0) is 16.4 Å². The molecule has 0 aliphatic heterocycles. The van der Waals surface area contributed by atoms with Crippen molar-refractivity contribution in [3.05, 3.63) is 33.9 Å². The number of hydrogen-bond donors (Lipinski definition) is 1. The fourth-order valence-corrected chi connectivity index (χ4v) is 2.87. The number of carboxylic acid groups (broad SMARTS) is 1. The van der Waals surface area contributed by atoms with E-state index in [2.05, 4.69) is 4.98 Å². The maximum absolute atomic E-state index is 14.0. The molecule has 2 heterocycles. The summed E-state index contributed by atoms with van der Waals surface area (Å²) in [5.41, 5.74) is -1.49. The molecule has 0 aliphatic carbocycles. The third-order valence-corrected chi connectivity index (χ3v) is 4.85. The number of rotatable bonds is 4. The molecule has 2 aromatic rings. The van der Waals surface area contributed by atoms with Crippen molar-refractivity contribution in [3.63, 3.8) is 0 Å². The first-order valence-electron chi connectivity index (χ1n) is 6.42. The SMILES string of the molecule is CCn1cc(C(=O)O)c(=O)c2cc(F)c(S(=O)(=O)CC)nc21. The summed E-state index contributed by atoms with van der Waals surface area (Å²) < 4.78 is 39.0. The highest BCUT2D eigenvalue weighted by Gasteiger charge is 2.23. The highest BCUT2D eigenvalue weighted by atomic mass is 32.2. The summed E-state index contributed by atoms with van der Waals surface area (Å²) in [5, 5.41) is 8.00. The average molecular weight is 328 g/mol. The quantitative estimate of drug-likeness (QED) is 0.899. The Morgan fingerprint density at radius 1 is 1.41 bits per heavy atom. The van der Waals surface area contributed by atoms with E-state index < -0.39 is 37.6 Å². The standard InChI is InChI=1S/C13H13FN2O5S/c1-3-16-6-8(13(18)19)10(17)7-5-9(14)12(15-11(7)16)22(20,21)4-2/h5-6H,3-4H2,1-2H3,(H,18,19). The maximum Gasteiger partial charge on any atom is 0.341 e. The predicted octanol–water partition coefficient (Wildman–Crippen LogP) is 1.05. The summed E-state index contributed by atoms with van der Waals surface area (Å²) >= 11 is 0. The molecule has 0 atom stereocenters. The van der Waals surface area contributed by atoms with Crippen molar-refractivity contribution < 1.29 is 22.7 Å². The van der Waals surface area contributed by atoms with Crippen molar-refractivity contribution in [2.75, 3.05) is 5.75 Å². The van der Waals surface area contributed by atoms with E-state index in [1.54, 1.807) is 6.92 Å². The van der Waals surface area contributed by atoms with E-state index in [-0.39, 0.29) is 23.3 Å². The Kier molecular flexibility index (Phi) is 4.01. The number of aromatic nitrogens is 2. The predicted molar refractivity (Wildman–Crippen MR) is 76.3 cm³/mol. The van der Waals surface area contributed by atoms with Crippen molar-refractivity contribution in [2.45, 2.75) is 25.4 Å². The zero-order valence-corrected chi connectivity index (χ0v) is 12.6. The number of nitrogens with zero attached hydrogens (tertiary/aromatic N) is 2. The molecule has 1 N–H and O–H groups in total. The summed E-state index contributed by atoms with van der Waals surface area (Å²) in [6.07, 6.45) is 1.07.